The molecule has 192 valence electrons. The summed E-state index contributed by atoms with van der Waals surface area (Å²) in [4.78, 5) is 129. The van der Waals surface area contributed by atoms with Gasteiger partial charge in [0.1, 0.15) is 0 Å². The van der Waals surface area contributed by atoms with Gasteiger partial charge in [-0.3, -0.25) is 0 Å². The molecule has 0 unspecified atom stereocenters. The molecule has 24 nitrogen and oxygen atoms in total. The van der Waals surface area contributed by atoms with Gasteiger partial charge in [0.25, 0.3) is 0 Å². The molecule has 0 aliphatic rings. The number of phosphoric acid groups is 6. The molecule has 18 N–H and O–H groups in total. The monoisotopic (exact) mass is 3160 g/mol. The first kappa shape index (κ1) is 482. The summed E-state index contributed by atoms with van der Waals surface area (Å²) < 4.78 is 53.3. The minimum atomic E-state index is -4.64. The predicted octanol–water partition coefficient (Wildman–Crippen LogP) is -203. The zero-order valence-corrected chi connectivity index (χ0v) is 291. The first-order valence-electron chi connectivity index (χ1n) is 4.70. The zero-order valence-electron chi connectivity index (χ0n) is 79.2. The predicted molar refractivity (Wildman–Crippen MR) is 85.6 cm³/mol. The van der Waals surface area contributed by atoms with Crippen LogP contribution in [0.5, 0.6) is 0 Å². The smallest absolute Gasteiger partial charge is 0.303 e. The second-order valence-electron chi connectivity index (χ2n) is 3.08. The average molecular weight is 3170 g/mol. The van der Waals surface area contributed by atoms with Crippen LogP contribution in [0.1, 0.15) is 0 Å². The van der Waals surface area contributed by atoms with E-state index in [1.807, 2.05) is 0 Å². The van der Waals surface area contributed by atoms with E-state index in [0.29, 0.717) is 0 Å². The summed E-state index contributed by atoms with van der Waals surface area (Å²) >= 11 is 0. The van der Waals surface area contributed by atoms with E-state index < -0.39 is 46.9 Å². The summed E-state index contributed by atoms with van der Waals surface area (Å²) in [6.07, 6.45) is 0. The molecule has 96 heavy (non-hydrogen) atoms. The molecule has 0 aromatic heterocycles. The van der Waals surface area contributed by atoms with Crippen molar-refractivity contribution in [2.24, 2.45) is 0 Å². The Bertz CT molecular complexity index is 540. The maximum Gasteiger partial charge on any atom is 1.00 e. The summed E-state index contributed by atoms with van der Waals surface area (Å²) in [5.74, 6) is 0. The molecule has 0 amide bonds. The molecule has 0 atom stereocenters. The Balaban J connectivity index is -0.000000000904. The molecular formula is H18K66O24P6+66. The van der Waals surface area contributed by atoms with E-state index in [9.17, 15) is 0 Å². The molecular weight excluding hydrogens is 3150 g/mol. The van der Waals surface area contributed by atoms with Crippen molar-refractivity contribution in [2.45, 2.75) is 0 Å². The van der Waals surface area contributed by atoms with Crippen LogP contribution in [0.2, 0.25) is 0 Å². The third-order valence-electron chi connectivity index (χ3n) is 0. The molecule has 0 saturated heterocycles. The van der Waals surface area contributed by atoms with Crippen LogP contribution >= 0.6 is 46.9 Å². The number of hydrogen-bond acceptors (Lipinski definition) is 6. The third-order valence-corrected chi connectivity index (χ3v) is 0. The van der Waals surface area contributed by atoms with Crippen LogP contribution in [0.25, 0.3) is 0 Å². The summed E-state index contributed by atoms with van der Waals surface area (Å²) in [6.45, 7) is 0. The Morgan fingerprint density at radius 1 is 0.0729 bits per heavy atom. The van der Waals surface area contributed by atoms with Gasteiger partial charge < -0.3 is 88.1 Å². The van der Waals surface area contributed by atoms with E-state index in [4.69, 9.17) is 115 Å². The van der Waals surface area contributed by atoms with Crippen molar-refractivity contribution in [1.82, 2.24) is 0 Å². The van der Waals surface area contributed by atoms with E-state index in [-0.39, 0.29) is 3390 Å². The van der Waals surface area contributed by atoms with Gasteiger partial charge in [-0.1, -0.05) is 0 Å². The van der Waals surface area contributed by atoms with Gasteiger partial charge in [-0.15, -0.1) is 0 Å². The van der Waals surface area contributed by atoms with Gasteiger partial charge in [0.2, 0.25) is 0 Å². The van der Waals surface area contributed by atoms with Gasteiger partial charge in [0.05, 0.1) is 0 Å². The zero-order chi connectivity index (χ0) is 27.0. The fraction of sp³-hybridized carbons (Fsp3) is 0. The first-order valence-corrected chi connectivity index (χ1v) is 14.1. The van der Waals surface area contributed by atoms with Crippen molar-refractivity contribution in [2.75, 3.05) is 0 Å². The fourth-order valence-electron chi connectivity index (χ4n) is 0. The van der Waals surface area contributed by atoms with E-state index in [2.05, 4.69) is 0 Å². The summed E-state index contributed by atoms with van der Waals surface area (Å²) in [5, 5.41) is 0. The Morgan fingerprint density at radius 2 is 0.0729 bits per heavy atom. The Kier molecular flexibility index (Phi) is 2010. The largest absolute Gasteiger partial charge is 1.00 e. The molecule has 0 radical (unpaired) electrons. The fourth-order valence-corrected chi connectivity index (χ4v) is 0. The van der Waals surface area contributed by atoms with Gasteiger partial charge in [-0.25, -0.2) is 27.4 Å². The Hall–Kier alpha value is 109. The molecule has 0 bridgehead atoms. The summed E-state index contributed by atoms with van der Waals surface area (Å²) in [6, 6.07) is 0. The van der Waals surface area contributed by atoms with Crippen molar-refractivity contribution in [3.05, 3.63) is 0 Å². The Labute approximate surface area is 3390 Å². The average Bonchev–Trinajstić information content (AvgIpc) is 1.94. The minimum absolute atomic E-state index is 0. The van der Waals surface area contributed by atoms with Crippen molar-refractivity contribution in [3.8, 4) is 0 Å². The SMILES string of the molecule is O=P(O)(O)O.O=P(O)(O)O.O=P(O)(O)O.O=P(O)(O)O.O=P(O)(O)O.O=P(O)(O)O.[K+].[K+].[K+].[K+].[K+].[K+].[K+].[K+].[K+].[K+].[K+].[K+].[K+].[K+].[K+].[K+].[K+].[K+].[K+].[K+].[K+].[K+].[K+].[K+].[K+].[K+].[K+].[K+].[K+].[K+].[K+].[K+].[K+].[K+].[K+].[K+].[K+].[K+].[K+].[K+].[K+].[K+].[K+].[K+].[K+].[K+].[K+].[K+].[K+].[K+].[K+].[K+].[K+].[K+].[K+].[K+].[K+].[K+].[K+].[K+].[K+].[K+].[K+].[K+].[K+].[K+]. The van der Waals surface area contributed by atoms with Gasteiger partial charge in [-0.2, -0.15) is 0 Å². The van der Waals surface area contributed by atoms with Crippen LogP contribution in [-0.4, -0.2) is 88.1 Å². The third kappa shape index (κ3) is 698. The molecule has 0 fully saturated rings. The van der Waals surface area contributed by atoms with Crippen LogP contribution in [0.3, 0.4) is 0 Å². The van der Waals surface area contributed by atoms with Gasteiger partial charge in [-0.05, 0) is 0 Å². The molecule has 0 aliphatic heterocycles. The van der Waals surface area contributed by atoms with Crippen LogP contribution < -0.4 is 3390 Å². The molecule has 0 spiro atoms. The van der Waals surface area contributed by atoms with Crippen molar-refractivity contribution in [3.63, 3.8) is 0 Å². The maximum atomic E-state index is 8.88. The Morgan fingerprint density at radius 3 is 0.0729 bits per heavy atom. The van der Waals surface area contributed by atoms with Crippen LogP contribution in [0, 0.1) is 0 Å². The quantitative estimate of drug-likeness (QED) is 0.0791. The number of rotatable bonds is 0. The van der Waals surface area contributed by atoms with Crippen LogP contribution in [0.15, 0.2) is 0 Å². The molecule has 0 aromatic carbocycles. The second kappa shape index (κ2) is 400. The molecule has 0 aliphatic carbocycles. The topological polar surface area (TPSA) is 467 Å². The van der Waals surface area contributed by atoms with E-state index >= 15 is 0 Å². The van der Waals surface area contributed by atoms with Crippen molar-refractivity contribution < 1.29 is 3510 Å². The van der Waals surface area contributed by atoms with Crippen LogP contribution in [0.4, 0.5) is 0 Å². The van der Waals surface area contributed by atoms with Gasteiger partial charge >= 0.3 is 3440 Å². The van der Waals surface area contributed by atoms with Crippen molar-refractivity contribution in [1.29, 1.82) is 0 Å². The minimum Gasteiger partial charge on any atom is -0.303 e. The van der Waals surface area contributed by atoms with Gasteiger partial charge in [0, 0.05) is 0 Å². The molecule has 0 heterocycles. The number of hydrogen-bond donors (Lipinski definition) is 18. The van der Waals surface area contributed by atoms with E-state index in [1.165, 1.54) is 0 Å². The standard InChI is InChI=1S/66K.6H3O4P/c;;;;;;;;;;;;;;;;;;;;;;;;;;;;;;;;;;;;;;;;;;;;;;;;;;;;;;;;;;;;;;;;;;6*1-5(2,3)4/h;;;;;;;;;;;;;;;;;;;;;;;;;;;;;;;;;;;;;;;;;;;;;;;;;;;;;;;;;;;;;;;;;;6*(H3,1,2,3,4)/q66*+1;;;;;;. The normalized spacial score (nSPS) is 3.69. The van der Waals surface area contributed by atoms with Gasteiger partial charge in [0.15, 0.2) is 0 Å². The first-order chi connectivity index (χ1) is 12.0. The second-order valence-corrected chi connectivity index (χ2v) is 9.24. The molecule has 96 heteroatoms. The molecule has 0 saturated carbocycles. The summed E-state index contributed by atoms with van der Waals surface area (Å²) in [5.41, 5.74) is 0. The van der Waals surface area contributed by atoms with Crippen LogP contribution in [-0.2, 0) is 27.4 Å². The summed E-state index contributed by atoms with van der Waals surface area (Å²) in [7, 11) is -27.8. The van der Waals surface area contributed by atoms with E-state index in [1.54, 1.807) is 0 Å². The maximum absolute atomic E-state index is 8.88. The molecule has 0 aromatic rings. The molecule has 0 rings (SSSR count). The van der Waals surface area contributed by atoms with E-state index in [0.717, 1.165) is 0 Å². The van der Waals surface area contributed by atoms with Crippen molar-refractivity contribution >= 4 is 46.9 Å².